The summed E-state index contributed by atoms with van der Waals surface area (Å²) in [6, 6.07) is 2.47. The van der Waals surface area contributed by atoms with Gasteiger partial charge in [0.2, 0.25) is 10.0 Å². The molecule has 0 spiro atoms. The van der Waals surface area contributed by atoms with Gasteiger partial charge in [0.25, 0.3) is 0 Å². The van der Waals surface area contributed by atoms with E-state index in [-0.39, 0.29) is 11.4 Å². The van der Waals surface area contributed by atoms with E-state index in [2.05, 4.69) is 0 Å². The second-order valence-electron chi connectivity index (χ2n) is 4.57. The zero-order valence-electron chi connectivity index (χ0n) is 10.4. The molecule has 0 aliphatic carbocycles. The Morgan fingerprint density at radius 3 is 2.28 bits per heavy atom. The summed E-state index contributed by atoms with van der Waals surface area (Å²) in [7, 11) is -2.55. The van der Waals surface area contributed by atoms with Crippen LogP contribution in [0.4, 0.5) is 8.78 Å². The minimum absolute atomic E-state index is 0.104. The lowest BCUT2D eigenvalue weighted by Gasteiger charge is -2.33. The summed E-state index contributed by atoms with van der Waals surface area (Å²) in [4.78, 5) is -0.301. The van der Waals surface area contributed by atoms with Crippen molar-refractivity contribution in [2.24, 2.45) is 5.73 Å². The van der Waals surface area contributed by atoms with E-state index in [1.54, 1.807) is 13.8 Å². The Kier molecular flexibility index (Phi) is 4.09. The molecule has 7 heteroatoms. The minimum Gasteiger partial charge on any atom is -0.329 e. The molecule has 4 nitrogen and oxygen atoms in total. The quantitative estimate of drug-likeness (QED) is 0.903. The lowest BCUT2D eigenvalue weighted by atomic mass is 10.1. The van der Waals surface area contributed by atoms with Crippen LogP contribution >= 0.6 is 0 Å². The van der Waals surface area contributed by atoms with Crippen molar-refractivity contribution in [3.8, 4) is 0 Å². The molecule has 0 bridgehead atoms. The second kappa shape index (κ2) is 4.91. The molecule has 102 valence electrons. The Balaban J connectivity index is 3.26. The third-order valence-electron chi connectivity index (χ3n) is 2.90. The predicted octanol–water partition coefficient (Wildman–Crippen LogP) is 1.32. The number of nitrogens with zero attached hydrogens (tertiary/aromatic N) is 1. The third kappa shape index (κ3) is 2.68. The van der Waals surface area contributed by atoms with Crippen LogP contribution in [0.15, 0.2) is 23.1 Å². The molecular weight excluding hydrogens is 262 g/mol. The molecule has 0 atom stereocenters. The monoisotopic (exact) mass is 278 g/mol. The number of rotatable bonds is 4. The summed E-state index contributed by atoms with van der Waals surface area (Å²) >= 11 is 0. The van der Waals surface area contributed by atoms with Gasteiger partial charge >= 0.3 is 0 Å². The van der Waals surface area contributed by atoms with E-state index >= 15 is 0 Å². The van der Waals surface area contributed by atoms with Gasteiger partial charge in [0.1, 0.15) is 0 Å². The van der Waals surface area contributed by atoms with Gasteiger partial charge in [-0.1, -0.05) is 0 Å². The molecule has 0 aliphatic rings. The van der Waals surface area contributed by atoms with Crippen molar-refractivity contribution >= 4 is 10.0 Å². The van der Waals surface area contributed by atoms with E-state index < -0.39 is 27.2 Å². The Labute approximate surface area is 105 Å². The maximum absolute atomic E-state index is 13.1. The maximum Gasteiger partial charge on any atom is 0.243 e. The van der Waals surface area contributed by atoms with Crippen molar-refractivity contribution in [1.82, 2.24) is 4.31 Å². The molecule has 0 fully saturated rings. The number of benzene rings is 1. The van der Waals surface area contributed by atoms with Crippen molar-refractivity contribution < 1.29 is 17.2 Å². The SMILES string of the molecule is CN(C(C)(C)CN)S(=O)(=O)c1ccc(F)c(F)c1. The van der Waals surface area contributed by atoms with Crippen molar-refractivity contribution in [1.29, 1.82) is 0 Å². The van der Waals surface area contributed by atoms with Crippen LogP contribution in [0.25, 0.3) is 0 Å². The van der Waals surface area contributed by atoms with Crippen LogP contribution in [-0.4, -0.2) is 31.9 Å². The zero-order valence-corrected chi connectivity index (χ0v) is 11.3. The van der Waals surface area contributed by atoms with Crippen molar-refractivity contribution in [2.75, 3.05) is 13.6 Å². The largest absolute Gasteiger partial charge is 0.329 e. The molecule has 0 radical (unpaired) electrons. The van der Waals surface area contributed by atoms with Gasteiger partial charge in [-0.2, -0.15) is 4.31 Å². The summed E-state index contributed by atoms with van der Waals surface area (Å²) in [5.41, 5.74) is 4.68. The fourth-order valence-corrected chi connectivity index (χ4v) is 2.78. The van der Waals surface area contributed by atoms with E-state index in [0.29, 0.717) is 6.07 Å². The van der Waals surface area contributed by atoms with Crippen LogP contribution in [0.1, 0.15) is 13.8 Å². The molecule has 1 rings (SSSR count). The lowest BCUT2D eigenvalue weighted by molar-refractivity contribution is 0.274. The number of hydrogen-bond acceptors (Lipinski definition) is 3. The smallest absolute Gasteiger partial charge is 0.243 e. The average Bonchev–Trinajstić information content (AvgIpc) is 2.31. The summed E-state index contributed by atoms with van der Waals surface area (Å²) in [6.07, 6.45) is 0. The molecule has 18 heavy (non-hydrogen) atoms. The summed E-state index contributed by atoms with van der Waals surface area (Å²) in [6.45, 7) is 3.39. The molecule has 0 heterocycles. The molecule has 1 aromatic carbocycles. The highest BCUT2D eigenvalue weighted by molar-refractivity contribution is 7.89. The highest BCUT2D eigenvalue weighted by Gasteiger charge is 2.33. The van der Waals surface area contributed by atoms with Gasteiger partial charge < -0.3 is 5.73 Å². The fraction of sp³-hybridized carbons (Fsp3) is 0.455. The topological polar surface area (TPSA) is 63.4 Å². The molecule has 0 saturated heterocycles. The van der Waals surface area contributed by atoms with Crippen LogP contribution in [0, 0.1) is 11.6 Å². The molecule has 0 aromatic heterocycles. The summed E-state index contributed by atoms with van der Waals surface area (Å²) in [5, 5.41) is 0. The van der Waals surface area contributed by atoms with Gasteiger partial charge in [0.05, 0.1) is 4.90 Å². The van der Waals surface area contributed by atoms with Gasteiger partial charge in [-0.3, -0.25) is 0 Å². The normalized spacial score (nSPS) is 13.1. The summed E-state index contributed by atoms with van der Waals surface area (Å²) in [5.74, 6) is -2.29. The number of likely N-dealkylation sites (N-methyl/N-ethyl adjacent to an activating group) is 1. The molecular formula is C11H16F2N2O2S. The average molecular weight is 278 g/mol. The van der Waals surface area contributed by atoms with E-state index in [4.69, 9.17) is 5.73 Å². The van der Waals surface area contributed by atoms with Crippen molar-refractivity contribution in [2.45, 2.75) is 24.3 Å². The van der Waals surface area contributed by atoms with E-state index in [1.807, 2.05) is 0 Å². The highest BCUT2D eigenvalue weighted by Crippen LogP contribution is 2.23. The van der Waals surface area contributed by atoms with Gasteiger partial charge in [-0.15, -0.1) is 0 Å². The third-order valence-corrected chi connectivity index (χ3v) is 4.97. The second-order valence-corrected chi connectivity index (χ2v) is 6.53. The number of nitrogens with two attached hydrogens (primary N) is 1. The Morgan fingerprint density at radius 1 is 1.28 bits per heavy atom. The van der Waals surface area contributed by atoms with Crippen LogP contribution in [0.3, 0.4) is 0 Å². The lowest BCUT2D eigenvalue weighted by Crippen LogP contribution is -2.49. The molecule has 0 saturated carbocycles. The van der Waals surface area contributed by atoms with Gasteiger partial charge in [-0.05, 0) is 32.0 Å². The molecule has 2 N–H and O–H groups in total. The molecule has 0 amide bonds. The number of halogens is 2. The van der Waals surface area contributed by atoms with Crippen LogP contribution < -0.4 is 5.73 Å². The number of sulfonamides is 1. The highest BCUT2D eigenvalue weighted by atomic mass is 32.2. The molecule has 0 aliphatic heterocycles. The van der Waals surface area contributed by atoms with Gasteiger partial charge in [0, 0.05) is 19.1 Å². The van der Waals surface area contributed by atoms with E-state index in [1.165, 1.54) is 7.05 Å². The van der Waals surface area contributed by atoms with E-state index in [9.17, 15) is 17.2 Å². The minimum atomic E-state index is -3.90. The summed E-state index contributed by atoms with van der Waals surface area (Å²) < 4.78 is 51.3. The zero-order chi connectivity index (χ0) is 14.1. The van der Waals surface area contributed by atoms with E-state index in [0.717, 1.165) is 16.4 Å². The first-order chi connectivity index (χ1) is 8.13. The Hall–Kier alpha value is -1.05. The van der Waals surface area contributed by atoms with Crippen LogP contribution in [0.2, 0.25) is 0 Å². The van der Waals surface area contributed by atoms with Gasteiger partial charge in [-0.25, -0.2) is 17.2 Å². The Morgan fingerprint density at radius 2 is 1.83 bits per heavy atom. The standard InChI is InChI=1S/C11H16F2N2O2S/c1-11(2,7-14)15(3)18(16,17)8-4-5-9(12)10(13)6-8/h4-6H,7,14H2,1-3H3. The fourth-order valence-electron chi connectivity index (χ4n) is 1.25. The van der Waals surface area contributed by atoms with Crippen LogP contribution in [0.5, 0.6) is 0 Å². The number of hydrogen-bond donors (Lipinski definition) is 1. The molecule has 0 unspecified atom stereocenters. The van der Waals surface area contributed by atoms with Crippen molar-refractivity contribution in [3.63, 3.8) is 0 Å². The first kappa shape index (κ1) is 15.0. The molecule has 1 aromatic rings. The first-order valence-electron chi connectivity index (χ1n) is 5.27. The van der Waals surface area contributed by atoms with Crippen molar-refractivity contribution in [3.05, 3.63) is 29.8 Å². The predicted molar refractivity (Wildman–Crippen MR) is 64.4 cm³/mol. The van der Waals surface area contributed by atoms with Gasteiger partial charge in [0.15, 0.2) is 11.6 Å². The maximum atomic E-state index is 13.1. The Bertz CT molecular complexity index is 544. The first-order valence-corrected chi connectivity index (χ1v) is 6.71. The van der Waals surface area contributed by atoms with Crippen LogP contribution in [-0.2, 0) is 10.0 Å².